The molecule has 3 aromatic rings. The summed E-state index contributed by atoms with van der Waals surface area (Å²) in [7, 11) is 0. The number of rotatable bonds is 6. The van der Waals surface area contributed by atoms with E-state index in [2.05, 4.69) is 30.5 Å². The van der Waals surface area contributed by atoms with Crippen LogP contribution in [0.15, 0.2) is 36.7 Å². The van der Waals surface area contributed by atoms with Gasteiger partial charge in [-0.3, -0.25) is 4.79 Å². The van der Waals surface area contributed by atoms with Crippen molar-refractivity contribution in [2.45, 2.75) is 25.7 Å². The summed E-state index contributed by atoms with van der Waals surface area (Å²) >= 11 is 0. The average Bonchev–Trinajstić information content (AvgIpc) is 3.18. The SMILES string of the molecule is O=C(CC1CCN(c2ncnc3c2nnn3-c2ccccc2)CC1)NCC(F)F. The highest BCUT2D eigenvalue weighted by atomic mass is 19.3. The Labute approximate surface area is 165 Å². The quantitative estimate of drug-likeness (QED) is 0.681. The van der Waals surface area contributed by atoms with Gasteiger partial charge in [0.05, 0.1) is 12.2 Å². The molecule has 1 N–H and O–H groups in total. The number of anilines is 1. The third kappa shape index (κ3) is 4.30. The molecule has 29 heavy (non-hydrogen) atoms. The van der Waals surface area contributed by atoms with Crippen molar-refractivity contribution < 1.29 is 13.6 Å². The summed E-state index contributed by atoms with van der Waals surface area (Å²) in [5, 5.41) is 10.8. The lowest BCUT2D eigenvalue weighted by Crippen LogP contribution is -2.37. The lowest BCUT2D eigenvalue weighted by atomic mass is 9.93. The van der Waals surface area contributed by atoms with Gasteiger partial charge in [-0.15, -0.1) is 5.10 Å². The molecule has 0 atom stereocenters. The zero-order valence-electron chi connectivity index (χ0n) is 15.7. The Balaban J connectivity index is 1.44. The number of fused-ring (bicyclic) bond motifs is 1. The summed E-state index contributed by atoms with van der Waals surface area (Å²) in [5.41, 5.74) is 2.13. The molecule has 1 aliphatic heterocycles. The Morgan fingerprint density at radius 2 is 1.93 bits per heavy atom. The molecule has 0 radical (unpaired) electrons. The normalized spacial score (nSPS) is 15.2. The van der Waals surface area contributed by atoms with E-state index in [-0.39, 0.29) is 18.2 Å². The molecular weight excluding hydrogens is 380 g/mol. The first-order chi connectivity index (χ1) is 14.1. The van der Waals surface area contributed by atoms with E-state index in [1.165, 1.54) is 6.33 Å². The summed E-state index contributed by atoms with van der Waals surface area (Å²) in [6, 6.07) is 9.64. The number of nitrogens with zero attached hydrogens (tertiary/aromatic N) is 6. The number of carbonyl (C=O) groups excluding carboxylic acids is 1. The Morgan fingerprint density at radius 3 is 2.66 bits per heavy atom. The van der Waals surface area contributed by atoms with Crippen molar-refractivity contribution in [2.24, 2.45) is 5.92 Å². The van der Waals surface area contributed by atoms with Crippen molar-refractivity contribution in [1.29, 1.82) is 0 Å². The van der Waals surface area contributed by atoms with Gasteiger partial charge in [0.1, 0.15) is 6.33 Å². The number of aromatic nitrogens is 5. The summed E-state index contributed by atoms with van der Waals surface area (Å²) in [5.74, 6) is 0.568. The van der Waals surface area contributed by atoms with E-state index in [0.717, 1.165) is 24.3 Å². The number of carbonyl (C=O) groups is 1. The molecular formula is C19H21F2N7O. The highest BCUT2D eigenvalue weighted by Crippen LogP contribution is 2.28. The standard InChI is InChI=1S/C19H21F2N7O/c20-15(21)11-22-16(29)10-13-6-8-27(9-7-13)18-17-19(24-12-23-18)28(26-25-17)14-4-2-1-3-5-14/h1-5,12-13,15H,6-11H2,(H,22,29). The van der Waals surface area contributed by atoms with Crippen LogP contribution in [0.2, 0.25) is 0 Å². The molecule has 4 rings (SSSR count). The van der Waals surface area contributed by atoms with E-state index < -0.39 is 13.0 Å². The fourth-order valence-electron chi connectivity index (χ4n) is 3.59. The minimum Gasteiger partial charge on any atom is -0.355 e. The lowest BCUT2D eigenvalue weighted by Gasteiger charge is -2.32. The van der Waals surface area contributed by atoms with Gasteiger partial charge in [0.25, 0.3) is 6.43 Å². The number of halogens is 2. The van der Waals surface area contributed by atoms with Crippen LogP contribution in [0.1, 0.15) is 19.3 Å². The predicted molar refractivity (Wildman–Crippen MR) is 103 cm³/mol. The van der Waals surface area contributed by atoms with Gasteiger partial charge in [-0.1, -0.05) is 23.4 Å². The summed E-state index contributed by atoms with van der Waals surface area (Å²) < 4.78 is 26.1. The van der Waals surface area contributed by atoms with Crippen molar-refractivity contribution in [3.8, 4) is 5.69 Å². The number of hydrogen-bond acceptors (Lipinski definition) is 6. The number of nitrogens with one attached hydrogen (secondary N) is 1. The van der Waals surface area contributed by atoms with E-state index >= 15 is 0 Å². The Bertz CT molecular complexity index is 971. The van der Waals surface area contributed by atoms with E-state index in [4.69, 9.17) is 0 Å². The van der Waals surface area contributed by atoms with E-state index in [0.29, 0.717) is 24.3 Å². The third-order valence-electron chi connectivity index (χ3n) is 5.06. The van der Waals surface area contributed by atoms with Crippen molar-refractivity contribution in [2.75, 3.05) is 24.5 Å². The molecule has 1 aliphatic rings. The van der Waals surface area contributed by atoms with Crippen molar-refractivity contribution in [3.05, 3.63) is 36.7 Å². The molecule has 0 unspecified atom stereocenters. The molecule has 3 heterocycles. The first-order valence-corrected chi connectivity index (χ1v) is 9.53. The molecule has 152 valence electrons. The molecule has 1 saturated heterocycles. The number of alkyl halides is 2. The van der Waals surface area contributed by atoms with Gasteiger partial charge in [0.15, 0.2) is 17.0 Å². The fourth-order valence-corrected chi connectivity index (χ4v) is 3.59. The third-order valence-corrected chi connectivity index (χ3v) is 5.06. The Morgan fingerprint density at radius 1 is 1.17 bits per heavy atom. The van der Waals surface area contributed by atoms with E-state index in [9.17, 15) is 13.6 Å². The van der Waals surface area contributed by atoms with Crippen molar-refractivity contribution in [3.63, 3.8) is 0 Å². The van der Waals surface area contributed by atoms with Gasteiger partial charge < -0.3 is 10.2 Å². The molecule has 0 aliphatic carbocycles. The summed E-state index contributed by atoms with van der Waals surface area (Å²) in [6.45, 7) is 0.821. The number of amides is 1. The minimum atomic E-state index is -2.52. The summed E-state index contributed by atoms with van der Waals surface area (Å²) in [6.07, 6.45) is 0.806. The topological polar surface area (TPSA) is 88.8 Å². The van der Waals surface area contributed by atoms with Crippen LogP contribution in [0.5, 0.6) is 0 Å². The van der Waals surface area contributed by atoms with Gasteiger partial charge in [0.2, 0.25) is 5.91 Å². The molecule has 0 spiro atoms. The molecule has 1 fully saturated rings. The fraction of sp³-hybridized carbons (Fsp3) is 0.421. The maximum atomic E-state index is 12.2. The summed E-state index contributed by atoms with van der Waals surface area (Å²) in [4.78, 5) is 22.6. The van der Waals surface area contributed by atoms with E-state index in [1.807, 2.05) is 30.3 Å². The van der Waals surface area contributed by atoms with Gasteiger partial charge in [-0.05, 0) is 30.9 Å². The largest absolute Gasteiger partial charge is 0.355 e. The molecule has 8 nitrogen and oxygen atoms in total. The zero-order chi connectivity index (χ0) is 20.2. The second kappa shape index (κ2) is 8.46. The van der Waals surface area contributed by atoms with Crippen LogP contribution in [0.4, 0.5) is 14.6 Å². The molecule has 10 heteroatoms. The average molecular weight is 401 g/mol. The molecule has 0 bridgehead atoms. The van der Waals surface area contributed by atoms with Crippen LogP contribution in [0, 0.1) is 5.92 Å². The zero-order valence-corrected chi connectivity index (χ0v) is 15.7. The van der Waals surface area contributed by atoms with Crippen LogP contribution in [-0.4, -0.2) is 56.9 Å². The molecule has 1 amide bonds. The predicted octanol–water partition coefficient (Wildman–Crippen LogP) is 2.20. The minimum absolute atomic E-state index is 0.168. The second-order valence-corrected chi connectivity index (χ2v) is 7.04. The second-order valence-electron chi connectivity index (χ2n) is 7.04. The molecule has 2 aromatic heterocycles. The number of piperidine rings is 1. The number of para-hydroxylation sites is 1. The number of benzene rings is 1. The van der Waals surface area contributed by atoms with E-state index in [1.54, 1.807) is 4.68 Å². The monoisotopic (exact) mass is 401 g/mol. The van der Waals surface area contributed by atoms with Crippen molar-refractivity contribution >= 4 is 22.9 Å². The highest BCUT2D eigenvalue weighted by Gasteiger charge is 2.25. The van der Waals surface area contributed by atoms with Gasteiger partial charge in [-0.25, -0.2) is 18.7 Å². The van der Waals surface area contributed by atoms with Crippen LogP contribution in [0.25, 0.3) is 16.9 Å². The lowest BCUT2D eigenvalue weighted by molar-refractivity contribution is -0.122. The first kappa shape index (κ1) is 19.2. The maximum absolute atomic E-state index is 12.2. The first-order valence-electron chi connectivity index (χ1n) is 9.53. The smallest absolute Gasteiger partial charge is 0.255 e. The van der Waals surface area contributed by atoms with Crippen LogP contribution < -0.4 is 10.2 Å². The molecule has 0 saturated carbocycles. The Kier molecular flexibility index (Phi) is 5.59. The van der Waals surface area contributed by atoms with Crippen LogP contribution >= 0.6 is 0 Å². The van der Waals surface area contributed by atoms with Gasteiger partial charge in [-0.2, -0.15) is 4.68 Å². The maximum Gasteiger partial charge on any atom is 0.255 e. The highest BCUT2D eigenvalue weighted by molar-refractivity contribution is 5.83. The Hall–Kier alpha value is -3.17. The van der Waals surface area contributed by atoms with Crippen molar-refractivity contribution in [1.82, 2.24) is 30.3 Å². The van der Waals surface area contributed by atoms with Gasteiger partial charge >= 0.3 is 0 Å². The van der Waals surface area contributed by atoms with Crippen LogP contribution in [-0.2, 0) is 4.79 Å². The number of hydrogen-bond donors (Lipinski definition) is 1. The molecule has 1 aromatic carbocycles. The van der Waals surface area contributed by atoms with Crippen LogP contribution in [0.3, 0.4) is 0 Å². The van der Waals surface area contributed by atoms with Gasteiger partial charge in [0, 0.05) is 19.5 Å².